The van der Waals surface area contributed by atoms with E-state index in [1.165, 1.54) is 18.4 Å². The highest BCUT2D eigenvalue weighted by Crippen LogP contribution is 2.38. The first kappa shape index (κ1) is 24.6. The minimum absolute atomic E-state index is 0.294. The Balaban J connectivity index is 1.79. The second-order valence-corrected chi connectivity index (χ2v) is 8.71. The fourth-order valence-corrected chi connectivity index (χ4v) is 4.87. The number of carbonyl (C=O) groups is 3. The average molecular weight is 475 g/mol. The first-order valence-corrected chi connectivity index (χ1v) is 12.0. The third kappa shape index (κ3) is 6.04. The summed E-state index contributed by atoms with van der Waals surface area (Å²) in [4.78, 5) is 40.1. The molecule has 0 spiro atoms. The van der Waals surface area contributed by atoms with Crippen LogP contribution in [0, 0.1) is 0 Å². The zero-order chi connectivity index (χ0) is 23.8. The molecule has 0 unspecified atom stereocenters. The lowest BCUT2D eigenvalue weighted by molar-refractivity contribution is 0.0600. The Morgan fingerprint density at radius 1 is 1.18 bits per heavy atom. The topological polar surface area (TPSA) is 94.2 Å². The van der Waals surface area contributed by atoms with Gasteiger partial charge in [0.25, 0.3) is 5.91 Å². The van der Waals surface area contributed by atoms with E-state index in [1.807, 2.05) is 6.07 Å². The standard InChI is InChI=1S/C24H30N2O6S/c1-4-6-7-13-32-17-10-8-9-16(14-17)21(27)25-22-20(23(28)30-3)18-11-12-26(15-19(18)33-22)24(29)31-5-2/h8-10,14H,4-7,11-13,15H2,1-3H3,(H,25,27). The maximum absolute atomic E-state index is 13.0. The second kappa shape index (κ2) is 11.7. The SMILES string of the molecule is CCCCCOc1cccc(C(=O)Nc2sc3c(c2C(=O)OC)CCN(C(=O)OCC)C3)c1. The molecular weight excluding hydrogens is 444 g/mol. The van der Waals surface area contributed by atoms with Crippen LogP contribution in [0.4, 0.5) is 9.80 Å². The molecule has 3 rings (SSSR count). The molecule has 0 radical (unpaired) electrons. The summed E-state index contributed by atoms with van der Waals surface area (Å²) < 4.78 is 15.8. The summed E-state index contributed by atoms with van der Waals surface area (Å²) in [5.41, 5.74) is 1.58. The summed E-state index contributed by atoms with van der Waals surface area (Å²) in [5.74, 6) is -0.233. The largest absolute Gasteiger partial charge is 0.494 e. The van der Waals surface area contributed by atoms with Gasteiger partial charge in [-0.15, -0.1) is 11.3 Å². The molecule has 8 nitrogen and oxygen atoms in total. The van der Waals surface area contributed by atoms with Crippen LogP contribution in [0.15, 0.2) is 24.3 Å². The van der Waals surface area contributed by atoms with Crippen molar-refractivity contribution in [2.45, 2.75) is 46.1 Å². The fraction of sp³-hybridized carbons (Fsp3) is 0.458. The maximum Gasteiger partial charge on any atom is 0.410 e. The van der Waals surface area contributed by atoms with Crippen LogP contribution >= 0.6 is 11.3 Å². The number of amides is 2. The number of carbonyl (C=O) groups excluding carboxylic acids is 3. The number of hydrogen-bond donors (Lipinski definition) is 1. The van der Waals surface area contributed by atoms with Crippen molar-refractivity contribution in [3.63, 3.8) is 0 Å². The molecule has 178 valence electrons. The third-order valence-electron chi connectivity index (χ3n) is 5.31. The molecule has 1 N–H and O–H groups in total. The van der Waals surface area contributed by atoms with Gasteiger partial charge in [-0.1, -0.05) is 25.8 Å². The van der Waals surface area contributed by atoms with E-state index < -0.39 is 12.1 Å². The summed E-state index contributed by atoms with van der Waals surface area (Å²) in [6.45, 7) is 5.52. The van der Waals surface area contributed by atoms with Gasteiger partial charge in [-0.3, -0.25) is 4.79 Å². The summed E-state index contributed by atoms with van der Waals surface area (Å²) in [6, 6.07) is 6.97. The molecule has 0 saturated heterocycles. The Morgan fingerprint density at radius 2 is 2.00 bits per heavy atom. The van der Waals surface area contributed by atoms with Gasteiger partial charge in [-0.25, -0.2) is 9.59 Å². The lowest BCUT2D eigenvalue weighted by Crippen LogP contribution is -2.36. The number of thiophene rings is 1. The van der Waals surface area contributed by atoms with Gasteiger partial charge in [0.05, 0.1) is 32.4 Å². The molecular formula is C24H30N2O6S. The minimum Gasteiger partial charge on any atom is -0.494 e. The van der Waals surface area contributed by atoms with E-state index in [-0.39, 0.29) is 5.91 Å². The third-order valence-corrected chi connectivity index (χ3v) is 6.44. The highest BCUT2D eigenvalue weighted by Gasteiger charge is 2.31. The number of anilines is 1. The van der Waals surface area contributed by atoms with Crippen molar-refractivity contribution in [3.05, 3.63) is 45.8 Å². The normalized spacial score (nSPS) is 12.6. The summed E-state index contributed by atoms with van der Waals surface area (Å²) >= 11 is 1.28. The van der Waals surface area contributed by atoms with E-state index in [2.05, 4.69) is 12.2 Å². The number of nitrogens with one attached hydrogen (secondary N) is 1. The zero-order valence-corrected chi connectivity index (χ0v) is 20.1. The molecule has 2 heterocycles. The van der Waals surface area contributed by atoms with Crippen molar-refractivity contribution in [3.8, 4) is 5.75 Å². The molecule has 0 saturated carbocycles. The molecule has 0 bridgehead atoms. The number of nitrogens with zero attached hydrogens (tertiary/aromatic N) is 1. The van der Waals surface area contributed by atoms with Crippen LogP contribution in [0.1, 0.15) is 64.3 Å². The van der Waals surface area contributed by atoms with E-state index in [0.717, 1.165) is 29.7 Å². The van der Waals surface area contributed by atoms with Gasteiger partial charge in [0.1, 0.15) is 10.8 Å². The van der Waals surface area contributed by atoms with Gasteiger partial charge in [0, 0.05) is 17.0 Å². The quantitative estimate of drug-likeness (QED) is 0.412. The summed E-state index contributed by atoms with van der Waals surface area (Å²) in [6.07, 6.45) is 3.24. The van der Waals surface area contributed by atoms with Gasteiger partial charge in [0.2, 0.25) is 0 Å². The van der Waals surface area contributed by atoms with Crippen LogP contribution in [0.5, 0.6) is 5.75 Å². The molecule has 1 aliphatic rings. The molecule has 33 heavy (non-hydrogen) atoms. The van der Waals surface area contributed by atoms with Gasteiger partial charge in [0.15, 0.2) is 0 Å². The number of unbranched alkanes of at least 4 members (excludes halogenated alkanes) is 2. The number of fused-ring (bicyclic) bond motifs is 1. The molecule has 2 aromatic rings. The van der Waals surface area contributed by atoms with E-state index in [1.54, 1.807) is 30.0 Å². The average Bonchev–Trinajstić information content (AvgIpc) is 3.18. The Labute approximate surface area is 197 Å². The van der Waals surface area contributed by atoms with Crippen LogP contribution in [0.25, 0.3) is 0 Å². The number of hydrogen-bond acceptors (Lipinski definition) is 7. The predicted molar refractivity (Wildman–Crippen MR) is 126 cm³/mol. The highest BCUT2D eigenvalue weighted by molar-refractivity contribution is 7.17. The predicted octanol–water partition coefficient (Wildman–Crippen LogP) is 4.87. The van der Waals surface area contributed by atoms with Crippen molar-refractivity contribution < 1.29 is 28.6 Å². The molecule has 0 aliphatic carbocycles. The molecule has 1 aromatic carbocycles. The number of benzene rings is 1. The van der Waals surface area contributed by atoms with Gasteiger partial charge < -0.3 is 24.4 Å². The van der Waals surface area contributed by atoms with Crippen LogP contribution in [0.3, 0.4) is 0 Å². The van der Waals surface area contributed by atoms with Crippen molar-refractivity contribution in [2.24, 2.45) is 0 Å². The first-order chi connectivity index (χ1) is 16.0. The second-order valence-electron chi connectivity index (χ2n) is 7.61. The zero-order valence-electron chi connectivity index (χ0n) is 19.3. The van der Waals surface area contributed by atoms with Gasteiger partial charge in [-0.2, -0.15) is 0 Å². The minimum atomic E-state index is -0.514. The van der Waals surface area contributed by atoms with E-state index >= 15 is 0 Å². The summed E-state index contributed by atoms with van der Waals surface area (Å²) in [5, 5.41) is 3.27. The van der Waals surface area contributed by atoms with Crippen molar-refractivity contribution in [1.29, 1.82) is 0 Å². The molecule has 2 amide bonds. The lowest BCUT2D eigenvalue weighted by atomic mass is 10.0. The van der Waals surface area contributed by atoms with E-state index in [0.29, 0.717) is 54.6 Å². The Bertz CT molecular complexity index is 1000. The Morgan fingerprint density at radius 3 is 2.73 bits per heavy atom. The maximum atomic E-state index is 13.0. The lowest BCUT2D eigenvalue weighted by Gasteiger charge is -2.26. The smallest absolute Gasteiger partial charge is 0.410 e. The number of ether oxygens (including phenoxy) is 3. The Hall–Kier alpha value is -3.07. The highest BCUT2D eigenvalue weighted by atomic mass is 32.1. The fourth-order valence-electron chi connectivity index (χ4n) is 3.62. The first-order valence-electron chi connectivity index (χ1n) is 11.2. The monoisotopic (exact) mass is 474 g/mol. The molecule has 9 heteroatoms. The molecule has 1 aromatic heterocycles. The van der Waals surface area contributed by atoms with Crippen molar-refractivity contribution in [2.75, 3.05) is 32.2 Å². The Kier molecular flexibility index (Phi) is 8.71. The van der Waals surface area contributed by atoms with E-state index in [9.17, 15) is 14.4 Å². The molecule has 0 atom stereocenters. The number of rotatable bonds is 9. The van der Waals surface area contributed by atoms with Crippen LogP contribution in [-0.4, -0.2) is 49.7 Å². The van der Waals surface area contributed by atoms with Gasteiger partial charge in [-0.05, 0) is 43.5 Å². The van der Waals surface area contributed by atoms with Crippen LogP contribution in [-0.2, 0) is 22.4 Å². The van der Waals surface area contributed by atoms with Crippen LogP contribution < -0.4 is 10.1 Å². The molecule has 0 fully saturated rings. The van der Waals surface area contributed by atoms with Gasteiger partial charge >= 0.3 is 12.1 Å². The number of methoxy groups -OCH3 is 1. The molecule has 1 aliphatic heterocycles. The van der Waals surface area contributed by atoms with E-state index in [4.69, 9.17) is 14.2 Å². The van der Waals surface area contributed by atoms with Crippen LogP contribution in [0.2, 0.25) is 0 Å². The number of esters is 1. The van der Waals surface area contributed by atoms with Crippen molar-refractivity contribution >= 4 is 34.3 Å². The van der Waals surface area contributed by atoms with Crippen molar-refractivity contribution in [1.82, 2.24) is 4.90 Å². The summed E-state index contributed by atoms with van der Waals surface area (Å²) in [7, 11) is 1.31.